The Hall–Kier alpha value is -1.35. The molecule has 2 aromatic rings. The topological polar surface area (TPSA) is 17.8 Å². The van der Waals surface area contributed by atoms with Gasteiger partial charge in [-0.3, -0.25) is 0 Å². The number of rotatable bonds is 3. The molecule has 3 heteroatoms. The Balaban J connectivity index is 2.27. The maximum Gasteiger partial charge on any atom is 0.150 e. The fourth-order valence-electron chi connectivity index (χ4n) is 1.37. The van der Waals surface area contributed by atoms with Gasteiger partial charge in [0, 0.05) is 18.9 Å². The minimum atomic E-state index is 0.898. The molecule has 15 heavy (non-hydrogen) atoms. The maximum absolute atomic E-state index is 4.38. The lowest BCUT2D eigenvalue weighted by molar-refractivity contribution is 0.826. The molecule has 2 rings (SSSR count). The summed E-state index contributed by atoms with van der Waals surface area (Å²) in [5.74, 6) is 1.06. The van der Waals surface area contributed by atoms with Crippen LogP contribution in [0.5, 0.6) is 0 Å². The molecule has 2 heterocycles. The van der Waals surface area contributed by atoms with E-state index in [2.05, 4.69) is 47.0 Å². The quantitative estimate of drug-likeness (QED) is 0.720. The SMILES string of the molecule is CC(C)=CCn1ccnc1-c1cccs1. The molecule has 0 bridgehead atoms. The minimum absolute atomic E-state index is 0.898. The van der Waals surface area contributed by atoms with Crippen LogP contribution >= 0.6 is 11.3 Å². The molecule has 2 nitrogen and oxygen atoms in total. The van der Waals surface area contributed by atoms with Crippen molar-refractivity contribution in [3.63, 3.8) is 0 Å². The minimum Gasteiger partial charge on any atom is -0.326 e. The monoisotopic (exact) mass is 218 g/mol. The van der Waals surface area contributed by atoms with E-state index in [1.807, 2.05) is 12.4 Å². The standard InChI is InChI=1S/C12H14N2S/c1-10(2)5-7-14-8-6-13-12(14)11-4-3-9-15-11/h3-6,8-9H,7H2,1-2H3. The van der Waals surface area contributed by atoms with Gasteiger partial charge in [-0.05, 0) is 25.3 Å². The number of hydrogen-bond donors (Lipinski definition) is 0. The molecular weight excluding hydrogens is 204 g/mol. The molecule has 0 unspecified atom stereocenters. The van der Waals surface area contributed by atoms with E-state index in [1.165, 1.54) is 10.5 Å². The Morgan fingerprint density at radius 2 is 2.40 bits per heavy atom. The van der Waals surface area contributed by atoms with Crippen molar-refractivity contribution < 1.29 is 0 Å². The van der Waals surface area contributed by atoms with Gasteiger partial charge in [-0.25, -0.2) is 4.98 Å². The van der Waals surface area contributed by atoms with Crippen LogP contribution in [0.2, 0.25) is 0 Å². The lowest BCUT2D eigenvalue weighted by Gasteiger charge is -2.02. The Labute approximate surface area is 93.9 Å². The first-order valence-electron chi connectivity index (χ1n) is 4.96. The summed E-state index contributed by atoms with van der Waals surface area (Å²) in [4.78, 5) is 5.60. The van der Waals surface area contributed by atoms with Crippen LogP contribution in [-0.2, 0) is 6.54 Å². The second-order valence-corrected chi connectivity index (χ2v) is 4.61. The smallest absolute Gasteiger partial charge is 0.150 e. The highest BCUT2D eigenvalue weighted by Gasteiger charge is 2.04. The van der Waals surface area contributed by atoms with Crippen molar-refractivity contribution in [3.05, 3.63) is 41.6 Å². The third-order valence-electron chi connectivity index (χ3n) is 2.15. The summed E-state index contributed by atoms with van der Waals surface area (Å²) in [7, 11) is 0. The van der Waals surface area contributed by atoms with E-state index in [0.717, 1.165) is 12.4 Å². The summed E-state index contributed by atoms with van der Waals surface area (Å²) in [6, 6.07) is 4.16. The second kappa shape index (κ2) is 4.45. The second-order valence-electron chi connectivity index (χ2n) is 3.66. The molecule has 0 amide bonds. The van der Waals surface area contributed by atoms with E-state index in [9.17, 15) is 0 Å². The van der Waals surface area contributed by atoms with Crippen LogP contribution in [0.4, 0.5) is 0 Å². The average Bonchev–Trinajstić information content (AvgIpc) is 2.85. The lowest BCUT2D eigenvalue weighted by Crippen LogP contribution is -1.96. The van der Waals surface area contributed by atoms with Gasteiger partial charge in [0.15, 0.2) is 0 Å². The van der Waals surface area contributed by atoms with Crippen molar-refractivity contribution in [2.45, 2.75) is 20.4 Å². The van der Waals surface area contributed by atoms with Gasteiger partial charge >= 0.3 is 0 Å². The van der Waals surface area contributed by atoms with Crippen LogP contribution < -0.4 is 0 Å². The fraction of sp³-hybridized carbons (Fsp3) is 0.250. The first-order chi connectivity index (χ1) is 7.27. The molecule has 0 spiro atoms. The number of thiophene rings is 1. The molecule has 0 saturated heterocycles. The molecule has 0 saturated carbocycles. The van der Waals surface area contributed by atoms with Crippen molar-refractivity contribution in [1.29, 1.82) is 0 Å². The zero-order chi connectivity index (χ0) is 10.7. The molecule has 0 fully saturated rings. The van der Waals surface area contributed by atoms with E-state index < -0.39 is 0 Å². The highest BCUT2D eigenvalue weighted by atomic mass is 32.1. The van der Waals surface area contributed by atoms with E-state index in [1.54, 1.807) is 11.3 Å². The average molecular weight is 218 g/mol. The van der Waals surface area contributed by atoms with Crippen molar-refractivity contribution in [1.82, 2.24) is 9.55 Å². The molecule has 78 valence electrons. The number of hydrogen-bond acceptors (Lipinski definition) is 2. The summed E-state index contributed by atoms with van der Waals surface area (Å²) in [5, 5.41) is 2.08. The normalized spacial score (nSPS) is 10.3. The van der Waals surface area contributed by atoms with Crippen LogP contribution in [0.15, 0.2) is 41.6 Å². The van der Waals surface area contributed by atoms with E-state index >= 15 is 0 Å². The predicted octanol–water partition coefficient (Wildman–Crippen LogP) is 3.58. The Morgan fingerprint density at radius 3 is 3.07 bits per heavy atom. The summed E-state index contributed by atoms with van der Waals surface area (Å²) in [5.41, 5.74) is 1.33. The number of imidazole rings is 1. The summed E-state index contributed by atoms with van der Waals surface area (Å²) >= 11 is 1.73. The van der Waals surface area contributed by atoms with Gasteiger partial charge in [-0.2, -0.15) is 0 Å². The van der Waals surface area contributed by atoms with Crippen LogP contribution in [0, 0.1) is 0 Å². The molecule has 0 aliphatic heterocycles. The van der Waals surface area contributed by atoms with Crippen molar-refractivity contribution in [3.8, 4) is 10.7 Å². The van der Waals surface area contributed by atoms with E-state index in [0.29, 0.717) is 0 Å². The van der Waals surface area contributed by atoms with Crippen LogP contribution in [0.25, 0.3) is 10.7 Å². The summed E-state index contributed by atoms with van der Waals surface area (Å²) < 4.78 is 2.17. The molecule has 0 aliphatic rings. The summed E-state index contributed by atoms with van der Waals surface area (Å²) in [6.07, 6.45) is 6.08. The number of nitrogens with zero attached hydrogens (tertiary/aromatic N) is 2. The first kappa shape index (κ1) is 10.2. The Morgan fingerprint density at radius 1 is 1.53 bits per heavy atom. The summed E-state index contributed by atoms with van der Waals surface area (Å²) in [6.45, 7) is 5.12. The van der Waals surface area contributed by atoms with Gasteiger partial charge in [-0.15, -0.1) is 11.3 Å². The molecule has 0 radical (unpaired) electrons. The fourth-order valence-corrected chi connectivity index (χ4v) is 2.10. The first-order valence-corrected chi connectivity index (χ1v) is 5.83. The molecular formula is C12H14N2S. The van der Waals surface area contributed by atoms with Crippen molar-refractivity contribution >= 4 is 11.3 Å². The van der Waals surface area contributed by atoms with Gasteiger partial charge in [0.2, 0.25) is 0 Å². The van der Waals surface area contributed by atoms with Gasteiger partial charge in [0.1, 0.15) is 5.82 Å². The third-order valence-corrected chi connectivity index (χ3v) is 3.02. The van der Waals surface area contributed by atoms with E-state index in [4.69, 9.17) is 0 Å². The van der Waals surface area contributed by atoms with E-state index in [-0.39, 0.29) is 0 Å². The van der Waals surface area contributed by atoms with Gasteiger partial charge in [-0.1, -0.05) is 17.7 Å². The van der Waals surface area contributed by atoms with Gasteiger partial charge in [0.05, 0.1) is 4.88 Å². The van der Waals surface area contributed by atoms with Gasteiger partial charge < -0.3 is 4.57 Å². The van der Waals surface area contributed by atoms with Crippen molar-refractivity contribution in [2.75, 3.05) is 0 Å². The molecule has 0 N–H and O–H groups in total. The molecule has 2 aromatic heterocycles. The zero-order valence-electron chi connectivity index (χ0n) is 8.97. The zero-order valence-corrected chi connectivity index (χ0v) is 9.79. The molecule has 0 aromatic carbocycles. The van der Waals surface area contributed by atoms with Crippen molar-refractivity contribution in [2.24, 2.45) is 0 Å². The lowest BCUT2D eigenvalue weighted by atomic mass is 10.3. The number of allylic oxidation sites excluding steroid dienone is 2. The maximum atomic E-state index is 4.38. The predicted molar refractivity (Wildman–Crippen MR) is 65.0 cm³/mol. The Kier molecular flexibility index (Phi) is 3.02. The number of aromatic nitrogens is 2. The highest BCUT2D eigenvalue weighted by molar-refractivity contribution is 7.13. The molecule has 0 aliphatic carbocycles. The largest absolute Gasteiger partial charge is 0.326 e. The molecule has 0 atom stereocenters. The third kappa shape index (κ3) is 2.36. The van der Waals surface area contributed by atoms with Crippen LogP contribution in [-0.4, -0.2) is 9.55 Å². The van der Waals surface area contributed by atoms with Crippen LogP contribution in [0.3, 0.4) is 0 Å². The van der Waals surface area contributed by atoms with Gasteiger partial charge in [0.25, 0.3) is 0 Å². The highest BCUT2D eigenvalue weighted by Crippen LogP contribution is 2.22. The Bertz CT molecular complexity index is 448. The van der Waals surface area contributed by atoms with Crippen LogP contribution in [0.1, 0.15) is 13.8 Å².